The van der Waals surface area contributed by atoms with Crippen molar-refractivity contribution in [2.75, 3.05) is 0 Å². The van der Waals surface area contributed by atoms with Gasteiger partial charge < -0.3 is 4.79 Å². The van der Waals surface area contributed by atoms with Crippen LogP contribution in [0, 0.1) is 10.1 Å². The first kappa shape index (κ1) is 11.4. The zero-order valence-electron chi connectivity index (χ0n) is 7.72. The van der Waals surface area contributed by atoms with Crippen molar-refractivity contribution in [3.05, 3.63) is 45.0 Å². The van der Waals surface area contributed by atoms with Gasteiger partial charge in [0.25, 0.3) is 5.69 Å². The summed E-state index contributed by atoms with van der Waals surface area (Å²) >= 11 is 5.81. The number of hydrogen-bond donors (Lipinski definition) is 0. The standard InChI is InChI=1S/C10H8ClNO3/c11-10-7-9(12(14)15)5-4-8(10)3-1-2-6-13/h1,3-7H,2H2. The van der Waals surface area contributed by atoms with Gasteiger partial charge in [0.15, 0.2) is 0 Å². The maximum Gasteiger partial charge on any atom is 0.270 e. The van der Waals surface area contributed by atoms with E-state index in [0.29, 0.717) is 17.0 Å². The predicted molar refractivity (Wildman–Crippen MR) is 57.8 cm³/mol. The van der Waals surface area contributed by atoms with Gasteiger partial charge in [-0.05, 0) is 11.6 Å². The van der Waals surface area contributed by atoms with Crippen LogP contribution < -0.4 is 0 Å². The average molecular weight is 226 g/mol. The third-order valence-electron chi connectivity index (χ3n) is 1.72. The van der Waals surface area contributed by atoms with Gasteiger partial charge in [0.1, 0.15) is 6.29 Å². The number of nitro groups is 1. The predicted octanol–water partition coefficient (Wildman–Crippen LogP) is 2.85. The molecule has 1 rings (SSSR count). The lowest BCUT2D eigenvalue weighted by Gasteiger charge is -1.97. The normalized spacial score (nSPS) is 10.5. The van der Waals surface area contributed by atoms with Gasteiger partial charge in [-0.2, -0.15) is 0 Å². The first-order valence-corrected chi connectivity index (χ1v) is 4.57. The molecule has 0 aliphatic heterocycles. The zero-order valence-corrected chi connectivity index (χ0v) is 8.48. The minimum atomic E-state index is -0.509. The Morgan fingerprint density at radius 3 is 2.73 bits per heavy atom. The van der Waals surface area contributed by atoms with E-state index in [1.807, 2.05) is 0 Å². The molecule has 0 saturated heterocycles. The van der Waals surface area contributed by atoms with Crippen molar-refractivity contribution in [1.29, 1.82) is 0 Å². The minimum absolute atomic E-state index is 0.0486. The molecule has 0 fully saturated rings. The number of allylic oxidation sites excluding steroid dienone is 1. The van der Waals surface area contributed by atoms with Crippen LogP contribution in [0.3, 0.4) is 0 Å². The molecule has 4 nitrogen and oxygen atoms in total. The van der Waals surface area contributed by atoms with Gasteiger partial charge in [0.2, 0.25) is 0 Å². The highest BCUT2D eigenvalue weighted by Gasteiger charge is 2.07. The average Bonchev–Trinajstić information content (AvgIpc) is 2.20. The Morgan fingerprint density at radius 1 is 1.47 bits per heavy atom. The third kappa shape index (κ3) is 3.18. The van der Waals surface area contributed by atoms with Crippen LogP contribution in [-0.4, -0.2) is 11.2 Å². The Kier molecular flexibility index (Phi) is 4.00. The van der Waals surface area contributed by atoms with Crippen molar-refractivity contribution in [1.82, 2.24) is 0 Å². The number of aldehydes is 1. The Labute approximate surface area is 91.3 Å². The molecule has 15 heavy (non-hydrogen) atoms. The van der Waals surface area contributed by atoms with E-state index in [1.165, 1.54) is 12.1 Å². The number of nitro benzene ring substituents is 1. The fraction of sp³-hybridized carbons (Fsp3) is 0.100. The van der Waals surface area contributed by atoms with E-state index in [-0.39, 0.29) is 5.69 Å². The molecule has 0 saturated carbocycles. The number of carbonyl (C=O) groups excluding carboxylic acids is 1. The molecule has 0 spiro atoms. The lowest BCUT2D eigenvalue weighted by atomic mass is 10.2. The fourth-order valence-corrected chi connectivity index (χ4v) is 1.25. The molecule has 0 atom stereocenters. The highest BCUT2D eigenvalue weighted by Crippen LogP contribution is 2.23. The molecule has 0 aliphatic carbocycles. The smallest absolute Gasteiger partial charge is 0.270 e. The summed E-state index contributed by atoms with van der Waals surface area (Å²) in [6.07, 6.45) is 4.35. The molecule has 78 valence electrons. The Morgan fingerprint density at radius 2 is 2.20 bits per heavy atom. The molecule has 0 aliphatic rings. The van der Waals surface area contributed by atoms with Gasteiger partial charge in [-0.3, -0.25) is 10.1 Å². The molecule has 0 unspecified atom stereocenters. The molecule has 0 N–H and O–H groups in total. The molecule has 0 amide bonds. The molecule has 0 bridgehead atoms. The van der Waals surface area contributed by atoms with Gasteiger partial charge in [-0.15, -0.1) is 0 Å². The number of nitrogens with zero attached hydrogens (tertiary/aromatic N) is 1. The maximum absolute atomic E-state index is 10.4. The summed E-state index contributed by atoms with van der Waals surface area (Å²) in [5.74, 6) is 0. The second kappa shape index (κ2) is 5.26. The van der Waals surface area contributed by atoms with Crippen molar-refractivity contribution >= 4 is 29.7 Å². The Bertz CT molecular complexity index is 415. The van der Waals surface area contributed by atoms with Crippen molar-refractivity contribution < 1.29 is 9.72 Å². The van der Waals surface area contributed by atoms with Crippen molar-refractivity contribution in [2.24, 2.45) is 0 Å². The monoisotopic (exact) mass is 225 g/mol. The van der Waals surface area contributed by atoms with Crippen LogP contribution in [0.1, 0.15) is 12.0 Å². The topological polar surface area (TPSA) is 60.2 Å². The quantitative estimate of drug-likeness (QED) is 0.450. The molecule has 1 aromatic carbocycles. The second-order valence-corrected chi connectivity index (χ2v) is 3.17. The summed E-state index contributed by atoms with van der Waals surface area (Å²) < 4.78 is 0. The Balaban J connectivity index is 2.93. The van der Waals surface area contributed by atoms with E-state index < -0.39 is 4.92 Å². The number of non-ortho nitro benzene ring substituents is 1. The van der Waals surface area contributed by atoms with Crippen LogP contribution in [0.4, 0.5) is 5.69 Å². The van der Waals surface area contributed by atoms with E-state index in [4.69, 9.17) is 11.6 Å². The Hall–Kier alpha value is -1.68. The van der Waals surface area contributed by atoms with Crippen LogP contribution >= 0.6 is 11.6 Å². The lowest BCUT2D eigenvalue weighted by molar-refractivity contribution is -0.384. The lowest BCUT2D eigenvalue weighted by Crippen LogP contribution is -1.87. The molecule has 0 radical (unpaired) electrons. The van der Waals surface area contributed by atoms with Crippen LogP contribution in [0.15, 0.2) is 24.3 Å². The van der Waals surface area contributed by atoms with E-state index in [0.717, 1.165) is 6.29 Å². The molecular weight excluding hydrogens is 218 g/mol. The van der Waals surface area contributed by atoms with Gasteiger partial charge in [-0.25, -0.2) is 0 Å². The minimum Gasteiger partial charge on any atom is -0.303 e. The summed E-state index contributed by atoms with van der Waals surface area (Å²) in [6, 6.07) is 4.19. The van der Waals surface area contributed by atoms with E-state index in [9.17, 15) is 14.9 Å². The number of hydrogen-bond acceptors (Lipinski definition) is 3. The molecule has 1 aromatic rings. The van der Waals surface area contributed by atoms with E-state index in [2.05, 4.69) is 0 Å². The van der Waals surface area contributed by atoms with Gasteiger partial charge in [-0.1, -0.05) is 23.8 Å². The first-order chi connectivity index (χ1) is 7.15. The number of carbonyl (C=O) groups is 1. The molecule has 0 aromatic heterocycles. The molecular formula is C10H8ClNO3. The number of benzene rings is 1. The molecule has 5 heteroatoms. The highest BCUT2D eigenvalue weighted by atomic mass is 35.5. The van der Waals surface area contributed by atoms with E-state index >= 15 is 0 Å². The maximum atomic E-state index is 10.4. The zero-order chi connectivity index (χ0) is 11.3. The van der Waals surface area contributed by atoms with E-state index in [1.54, 1.807) is 18.2 Å². The first-order valence-electron chi connectivity index (χ1n) is 4.19. The van der Waals surface area contributed by atoms with Gasteiger partial charge in [0, 0.05) is 18.6 Å². The van der Waals surface area contributed by atoms with Crippen LogP contribution in [0.2, 0.25) is 5.02 Å². The summed E-state index contributed by atoms with van der Waals surface area (Å²) in [4.78, 5) is 19.9. The van der Waals surface area contributed by atoms with Crippen molar-refractivity contribution in [3.63, 3.8) is 0 Å². The summed E-state index contributed by atoms with van der Waals surface area (Å²) in [6.45, 7) is 0. The van der Waals surface area contributed by atoms with Crippen LogP contribution in [0.5, 0.6) is 0 Å². The third-order valence-corrected chi connectivity index (χ3v) is 2.05. The van der Waals surface area contributed by atoms with Crippen LogP contribution in [0.25, 0.3) is 6.08 Å². The summed E-state index contributed by atoms with van der Waals surface area (Å²) in [5, 5.41) is 10.7. The SMILES string of the molecule is O=CCC=Cc1ccc([N+](=O)[O-])cc1Cl. The largest absolute Gasteiger partial charge is 0.303 e. The second-order valence-electron chi connectivity index (χ2n) is 2.77. The number of halogens is 1. The highest BCUT2D eigenvalue weighted by molar-refractivity contribution is 6.32. The molecule has 0 heterocycles. The summed E-state index contributed by atoms with van der Waals surface area (Å²) in [5.41, 5.74) is 0.608. The van der Waals surface area contributed by atoms with Gasteiger partial charge in [0.05, 0.1) is 9.95 Å². The van der Waals surface area contributed by atoms with Crippen molar-refractivity contribution in [2.45, 2.75) is 6.42 Å². The fourth-order valence-electron chi connectivity index (χ4n) is 1.02. The summed E-state index contributed by atoms with van der Waals surface area (Å²) in [7, 11) is 0. The van der Waals surface area contributed by atoms with Crippen LogP contribution in [-0.2, 0) is 4.79 Å². The number of rotatable bonds is 4. The van der Waals surface area contributed by atoms with Gasteiger partial charge >= 0.3 is 0 Å². The van der Waals surface area contributed by atoms with Crippen molar-refractivity contribution in [3.8, 4) is 0 Å².